The van der Waals surface area contributed by atoms with Crippen LogP contribution in [0, 0.1) is 0 Å². The van der Waals surface area contributed by atoms with Crippen molar-refractivity contribution in [2.75, 3.05) is 6.61 Å². The summed E-state index contributed by atoms with van der Waals surface area (Å²) in [6.45, 7) is -1.31. The number of aromatic hydroxyl groups is 11. The average molecular weight is 953 g/mol. The van der Waals surface area contributed by atoms with Crippen molar-refractivity contribution in [2.45, 2.75) is 48.2 Å². The Morgan fingerprint density at radius 2 is 1.09 bits per heavy atom. The molecule has 0 amide bonds. The van der Waals surface area contributed by atoms with Crippen molar-refractivity contribution in [2.24, 2.45) is 0 Å². The maximum absolute atomic E-state index is 14.4. The number of carbonyl (C=O) groups is 6. The molecule has 1 saturated heterocycles. The second-order valence-corrected chi connectivity index (χ2v) is 15.5. The van der Waals surface area contributed by atoms with Gasteiger partial charge < -0.3 is 105 Å². The lowest BCUT2D eigenvalue weighted by molar-refractivity contribution is -0.339. The van der Waals surface area contributed by atoms with Crippen molar-refractivity contribution in [1.82, 2.24) is 0 Å². The Morgan fingerprint density at radius 1 is 0.574 bits per heavy atom. The number of hydrogen-bond acceptors (Lipinski definition) is 27. The highest BCUT2D eigenvalue weighted by molar-refractivity contribution is 6.09. The van der Waals surface area contributed by atoms with Gasteiger partial charge in [-0.2, -0.15) is 0 Å². The number of phenols is 11. The summed E-state index contributed by atoms with van der Waals surface area (Å²) in [6.07, 6.45) is -11.9. The van der Waals surface area contributed by atoms with Crippen LogP contribution in [-0.2, 0) is 38.0 Å². The van der Waals surface area contributed by atoms with Crippen molar-refractivity contribution < 1.29 is 133 Å². The fourth-order valence-corrected chi connectivity index (χ4v) is 8.21. The SMILES string of the molecule is O=C1OCC2OC(OC(=O)c3cc(O)c(O)c(O)c3)C3OC(=O)c4cc(O)c(O)c(O)c4-c4c(cc(O)c(O)c4O)C(=O)OC3C2OC(=O)c2cc3c(c(O)c2O)OC2(O)C(=O)C=C1C3C2(O)O. The summed E-state index contributed by atoms with van der Waals surface area (Å²) in [4.78, 5) is 83.9. The van der Waals surface area contributed by atoms with Crippen LogP contribution in [0.5, 0.6) is 69.0 Å². The van der Waals surface area contributed by atoms with Crippen LogP contribution in [0.2, 0.25) is 0 Å². The zero-order valence-electron chi connectivity index (χ0n) is 33.2. The molecule has 4 aromatic carbocycles. The van der Waals surface area contributed by atoms with Crippen LogP contribution in [0.25, 0.3) is 11.1 Å². The molecule has 0 radical (unpaired) electrons. The van der Waals surface area contributed by atoms with E-state index in [4.69, 9.17) is 33.2 Å². The fourth-order valence-electron chi connectivity index (χ4n) is 8.21. The highest BCUT2D eigenvalue weighted by Gasteiger charge is 2.69. The summed E-state index contributed by atoms with van der Waals surface area (Å²) < 4.78 is 38.6. The number of ether oxygens (including phenoxy) is 7. The van der Waals surface area contributed by atoms with E-state index in [0.717, 1.165) is 0 Å². The topological polar surface area (TPSA) is 450 Å². The van der Waals surface area contributed by atoms with Gasteiger partial charge in [0.25, 0.3) is 5.79 Å². The molecule has 4 aliphatic heterocycles. The molecule has 27 heteroatoms. The minimum atomic E-state index is -3.79. The van der Waals surface area contributed by atoms with Crippen molar-refractivity contribution in [1.29, 1.82) is 0 Å². The second-order valence-electron chi connectivity index (χ2n) is 15.5. The Bertz CT molecular complexity index is 3020. The molecule has 1 fully saturated rings. The van der Waals surface area contributed by atoms with Crippen molar-refractivity contribution in [3.05, 3.63) is 69.8 Å². The normalized spacial score (nSPS) is 25.7. The van der Waals surface area contributed by atoms with Gasteiger partial charge in [-0.05, 0) is 36.4 Å². The van der Waals surface area contributed by atoms with E-state index in [1.807, 2.05) is 0 Å². The number of cyclic esters (lactones) is 1. The molecule has 68 heavy (non-hydrogen) atoms. The standard InChI is InChI=1S/C41H28O27/c42-14-1-8(2-15(43)24(14)48)34(54)67-39-33-32(65-36(56)9-4-16(44)25(49)27(51)20(9)21-10(37(57)66-33)5-17(45)26(50)28(21)52)31-18(63-39)7-62-35(55)12-6-19(46)41(61)40(59,60)22(12)11-3-13(38(58)64-31)23(47)29(53)30(11)68-41/h1-6,18,22,31-33,39,42-45,47-53,59-61H,7H2. The Hall–Kier alpha value is -8.92. The zero-order valence-corrected chi connectivity index (χ0v) is 33.2. The van der Waals surface area contributed by atoms with E-state index < -0.39 is 204 Å². The van der Waals surface area contributed by atoms with Gasteiger partial charge in [-0.3, -0.25) is 4.79 Å². The number of ketones is 1. The molecule has 354 valence electrons. The highest BCUT2D eigenvalue weighted by atomic mass is 16.7. The van der Waals surface area contributed by atoms with Crippen LogP contribution in [-0.4, -0.2) is 156 Å². The lowest BCUT2D eigenvalue weighted by Crippen LogP contribution is -2.70. The highest BCUT2D eigenvalue weighted by Crippen LogP contribution is 2.58. The minimum Gasteiger partial charge on any atom is -0.504 e. The van der Waals surface area contributed by atoms with Gasteiger partial charge in [0, 0.05) is 16.7 Å². The molecule has 4 bridgehead atoms. The number of fused-ring (bicyclic) bond motifs is 8. The fraction of sp³-hybridized carbons (Fsp3) is 0.220. The molecule has 0 spiro atoms. The first-order valence-electron chi connectivity index (χ1n) is 19.1. The predicted molar refractivity (Wildman–Crippen MR) is 204 cm³/mol. The smallest absolute Gasteiger partial charge is 0.342 e. The molecule has 27 nitrogen and oxygen atoms in total. The van der Waals surface area contributed by atoms with E-state index in [2.05, 4.69) is 0 Å². The van der Waals surface area contributed by atoms with Gasteiger partial charge >= 0.3 is 35.6 Å². The van der Waals surface area contributed by atoms with Crippen LogP contribution < -0.4 is 4.74 Å². The predicted octanol–water partition coefficient (Wildman–Crippen LogP) is -1.10. The summed E-state index contributed by atoms with van der Waals surface area (Å²) in [5.41, 5.74) is -8.05. The maximum Gasteiger partial charge on any atom is 0.342 e. The van der Waals surface area contributed by atoms with E-state index in [1.54, 1.807) is 0 Å². The third-order valence-corrected chi connectivity index (χ3v) is 11.5. The molecule has 0 saturated carbocycles. The lowest BCUT2D eigenvalue weighted by atomic mass is 9.71. The van der Waals surface area contributed by atoms with E-state index in [-0.39, 0.29) is 0 Å². The molecular formula is C41H28O27. The maximum atomic E-state index is 14.4. The Kier molecular flexibility index (Phi) is 9.64. The largest absolute Gasteiger partial charge is 0.504 e. The number of aliphatic hydroxyl groups is 3. The lowest BCUT2D eigenvalue weighted by Gasteiger charge is -2.49. The molecule has 4 heterocycles. The van der Waals surface area contributed by atoms with Gasteiger partial charge in [0.05, 0.1) is 28.2 Å². The zero-order chi connectivity index (χ0) is 49.4. The average Bonchev–Trinajstić information content (AvgIpc) is 3.27. The van der Waals surface area contributed by atoms with E-state index in [9.17, 15) is 100 Å². The van der Waals surface area contributed by atoms with Crippen LogP contribution >= 0.6 is 0 Å². The quantitative estimate of drug-likeness (QED) is 0.0491. The Balaban J connectivity index is 1.25. The van der Waals surface area contributed by atoms with E-state index in [0.29, 0.717) is 36.4 Å². The van der Waals surface area contributed by atoms with Gasteiger partial charge in [-0.25, -0.2) is 24.0 Å². The van der Waals surface area contributed by atoms with Crippen molar-refractivity contribution >= 4 is 35.6 Å². The molecule has 1 aliphatic carbocycles. The number of hydrogen-bond donors (Lipinski definition) is 14. The van der Waals surface area contributed by atoms with Gasteiger partial charge in [-0.1, -0.05) is 0 Å². The van der Waals surface area contributed by atoms with Crippen LogP contribution in [0.4, 0.5) is 0 Å². The molecule has 5 aliphatic rings. The Labute approximate surface area is 373 Å². The molecular weight excluding hydrogens is 924 g/mol. The monoisotopic (exact) mass is 952 g/mol. The first kappa shape index (κ1) is 44.3. The van der Waals surface area contributed by atoms with Crippen molar-refractivity contribution in [3.63, 3.8) is 0 Å². The third kappa shape index (κ3) is 6.21. The van der Waals surface area contributed by atoms with Crippen LogP contribution in [0.1, 0.15) is 52.9 Å². The van der Waals surface area contributed by atoms with Crippen LogP contribution in [0.3, 0.4) is 0 Å². The number of esters is 5. The molecule has 7 unspecified atom stereocenters. The third-order valence-electron chi connectivity index (χ3n) is 11.5. The van der Waals surface area contributed by atoms with Gasteiger partial charge in [0.15, 0.2) is 64.0 Å². The van der Waals surface area contributed by atoms with Crippen molar-refractivity contribution in [3.8, 4) is 80.1 Å². The molecule has 7 atom stereocenters. The summed E-state index contributed by atoms with van der Waals surface area (Å²) in [5, 5.41) is 150. The van der Waals surface area contributed by atoms with Gasteiger partial charge in [0.1, 0.15) is 18.3 Å². The van der Waals surface area contributed by atoms with E-state index >= 15 is 0 Å². The van der Waals surface area contributed by atoms with Crippen LogP contribution in [0.15, 0.2) is 42.0 Å². The van der Waals surface area contributed by atoms with Gasteiger partial charge in [-0.15, -0.1) is 0 Å². The minimum absolute atomic E-state index is 0.354. The molecule has 14 N–H and O–H groups in total. The second kappa shape index (κ2) is 14.8. The summed E-state index contributed by atoms with van der Waals surface area (Å²) in [5.74, 6) is -35.7. The molecule has 0 aromatic heterocycles. The number of phenolic OH excluding ortho intramolecular Hbond substituents is 11. The first-order chi connectivity index (χ1) is 31.9. The summed E-state index contributed by atoms with van der Waals surface area (Å²) in [6, 6.07) is 2.48. The first-order valence-corrected chi connectivity index (χ1v) is 19.1. The number of rotatable bonds is 2. The molecule has 4 aromatic rings. The summed E-state index contributed by atoms with van der Waals surface area (Å²) >= 11 is 0. The van der Waals surface area contributed by atoms with Gasteiger partial charge in [0.2, 0.25) is 35.4 Å². The molecule has 9 rings (SSSR count). The Morgan fingerprint density at radius 3 is 1.66 bits per heavy atom. The number of benzene rings is 4. The summed E-state index contributed by atoms with van der Waals surface area (Å²) in [7, 11) is 0. The number of carbonyl (C=O) groups excluding carboxylic acids is 6. The van der Waals surface area contributed by atoms with E-state index in [1.165, 1.54) is 0 Å².